The Kier molecular flexibility index (Phi) is 5.31. The maximum Gasteiger partial charge on any atom is 0.410 e. The number of pyridine rings is 1. The standard InChI is InChI=1S/C23H26N6O3/c1-15(2)29-11-20(26-14-29)17-9-19-22(18(17)10-24)21(3-4-25-19)27-5-7-28(8-6-27)23(30)32-16-12-31-13-16/h3-4,11,14-16H,5-9,12-13H2,1-2H3. The number of piperazine rings is 1. The molecule has 2 aromatic heterocycles. The van der Waals surface area contributed by atoms with E-state index >= 15 is 0 Å². The van der Waals surface area contributed by atoms with Crippen LogP contribution < -0.4 is 4.90 Å². The van der Waals surface area contributed by atoms with Gasteiger partial charge in [0.15, 0.2) is 6.10 Å². The lowest BCUT2D eigenvalue weighted by atomic mass is 10.0. The van der Waals surface area contributed by atoms with Crippen molar-refractivity contribution < 1.29 is 14.3 Å². The van der Waals surface area contributed by atoms with E-state index in [0.29, 0.717) is 57.4 Å². The smallest absolute Gasteiger partial charge is 0.410 e. The highest BCUT2D eigenvalue weighted by molar-refractivity contribution is 6.04. The molecule has 32 heavy (non-hydrogen) atoms. The Bertz CT molecular complexity index is 1100. The number of amides is 1. The van der Waals surface area contributed by atoms with Crippen LogP contribution >= 0.6 is 0 Å². The fourth-order valence-corrected chi connectivity index (χ4v) is 4.32. The molecule has 0 aromatic carbocycles. The summed E-state index contributed by atoms with van der Waals surface area (Å²) in [5.41, 5.74) is 5.18. The van der Waals surface area contributed by atoms with Gasteiger partial charge in [-0.1, -0.05) is 0 Å². The average Bonchev–Trinajstić information content (AvgIpc) is 3.40. The highest BCUT2D eigenvalue weighted by atomic mass is 16.6. The summed E-state index contributed by atoms with van der Waals surface area (Å²) < 4.78 is 12.5. The summed E-state index contributed by atoms with van der Waals surface area (Å²) in [4.78, 5) is 25.4. The molecule has 0 N–H and O–H groups in total. The second-order valence-electron chi connectivity index (χ2n) is 8.61. The van der Waals surface area contributed by atoms with Gasteiger partial charge in [0.2, 0.25) is 0 Å². The Morgan fingerprint density at radius 3 is 2.66 bits per heavy atom. The number of anilines is 1. The van der Waals surface area contributed by atoms with Gasteiger partial charge in [-0.05, 0) is 19.9 Å². The first kappa shape index (κ1) is 20.5. The predicted molar refractivity (Wildman–Crippen MR) is 118 cm³/mol. The lowest BCUT2D eigenvalue weighted by Crippen LogP contribution is -2.51. The Morgan fingerprint density at radius 1 is 1.25 bits per heavy atom. The lowest BCUT2D eigenvalue weighted by Gasteiger charge is -2.37. The molecular formula is C23H26N6O3. The average molecular weight is 435 g/mol. The maximum absolute atomic E-state index is 12.3. The van der Waals surface area contributed by atoms with Crippen LogP contribution in [-0.4, -0.2) is 71.0 Å². The van der Waals surface area contributed by atoms with Crippen LogP contribution in [0.2, 0.25) is 0 Å². The molecule has 3 aliphatic rings. The molecule has 2 saturated heterocycles. The van der Waals surface area contributed by atoms with Crippen molar-refractivity contribution in [1.29, 1.82) is 5.26 Å². The van der Waals surface area contributed by atoms with E-state index in [1.165, 1.54) is 0 Å². The fraction of sp³-hybridized carbons (Fsp3) is 0.478. The molecule has 5 rings (SSSR count). The van der Waals surface area contributed by atoms with Gasteiger partial charge >= 0.3 is 6.09 Å². The monoisotopic (exact) mass is 434 g/mol. The molecule has 2 aromatic rings. The Labute approximate surface area is 186 Å². The summed E-state index contributed by atoms with van der Waals surface area (Å²) in [5, 5.41) is 10.0. The second kappa shape index (κ2) is 8.28. The summed E-state index contributed by atoms with van der Waals surface area (Å²) in [5.74, 6) is 0. The zero-order valence-electron chi connectivity index (χ0n) is 18.3. The maximum atomic E-state index is 12.3. The van der Waals surface area contributed by atoms with Crippen LogP contribution in [0.1, 0.15) is 36.8 Å². The number of allylic oxidation sites excluding steroid dienone is 2. The molecule has 0 radical (unpaired) electrons. The van der Waals surface area contributed by atoms with E-state index in [4.69, 9.17) is 9.47 Å². The van der Waals surface area contributed by atoms with Gasteiger partial charge in [-0.25, -0.2) is 9.78 Å². The van der Waals surface area contributed by atoms with Gasteiger partial charge in [0, 0.05) is 67.9 Å². The number of hydrogen-bond acceptors (Lipinski definition) is 7. The summed E-state index contributed by atoms with van der Waals surface area (Å²) in [6.45, 7) is 7.64. The number of imidazole rings is 1. The zero-order valence-corrected chi connectivity index (χ0v) is 18.3. The minimum absolute atomic E-state index is 0.120. The van der Waals surface area contributed by atoms with Gasteiger partial charge in [-0.2, -0.15) is 5.26 Å². The number of carbonyl (C=O) groups excluding carboxylic acids is 1. The van der Waals surface area contributed by atoms with E-state index in [-0.39, 0.29) is 12.2 Å². The third-order valence-electron chi connectivity index (χ3n) is 6.28. The third kappa shape index (κ3) is 3.60. The number of nitrogens with zero attached hydrogens (tertiary/aromatic N) is 6. The van der Waals surface area contributed by atoms with Crippen molar-refractivity contribution in [3.8, 4) is 6.07 Å². The Hall–Kier alpha value is -3.38. The van der Waals surface area contributed by atoms with E-state index in [9.17, 15) is 10.1 Å². The van der Waals surface area contributed by atoms with E-state index in [1.807, 2.05) is 23.2 Å². The largest absolute Gasteiger partial charge is 0.441 e. The summed E-state index contributed by atoms with van der Waals surface area (Å²) in [6, 6.07) is 4.68. The van der Waals surface area contributed by atoms with E-state index in [1.54, 1.807) is 11.1 Å². The van der Waals surface area contributed by atoms with Crippen molar-refractivity contribution >= 4 is 22.9 Å². The molecule has 1 aliphatic carbocycles. The first-order chi connectivity index (χ1) is 15.5. The van der Waals surface area contributed by atoms with Gasteiger partial charge in [0.1, 0.15) is 6.07 Å². The van der Waals surface area contributed by atoms with Crippen molar-refractivity contribution in [2.45, 2.75) is 32.4 Å². The number of fused-ring (bicyclic) bond motifs is 1. The van der Waals surface area contributed by atoms with Crippen molar-refractivity contribution in [3.63, 3.8) is 0 Å². The number of aromatic nitrogens is 3. The zero-order chi connectivity index (χ0) is 22.2. The van der Waals surface area contributed by atoms with Crippen molar-refractivity contribution in [3.05, 3.63) is 41.7 Å². The van der Waals surface area contributed by atoms with Gasteiger partial charge < -0.3 is 23.8 Å². The molecule has 0 spiro atoms. The van der Waals surface area contributed by atoms with Crippen LogP contribution in [0.3, 0.4) is 0 Å². The molecule has 166 valence electrons. The quantitative estimate of drug-likeness (QED) is 0.729. The molecule has 9 heteroatoms. The van der Waals surface area contributed by atoms with E-state index in [0.717, 1.165) is 28.2 Å². The summed E-state index contributed by atoms with van der Waals surface area (Å²) in [6.07, 6.45) is 5.81. The highest BCUT2D eigenvalue weighted by Gasteiger charge is 2.32. The molecule has 0 bridgehead atoms. The van der Waals surface area contributed by atoms with Crippen molar-refractivity contribution in [2.75, 3.05) is 44.3 Å². The van der Waals surface area contributed by atoms with Gasteiger partial charge in [0.05, 0.1) is 36.5 Å². The van der Waals surface area contributed by atoms with Crippen LogP contribution in [0.4, 0.5) is 10.5 Å². The summed E-state index contributed by atoms with van der Waals surface area (Å²) >= 11 is 0. The molecule has 1 amide bonds. The normalized spacial score (nSPS) is 18.6. The number of hydrogen-bond donors (Lipinski definition) is 0. The summed E-state index contributed by atoms with van der Waals surface area (Å²) in [7, 11) is 0. The van der Waals surface area contributed by atoms with Crippen molar-refractivity contribution in [2.24, 2.45) is 0 Å². The number of rotatable bonds is 4. The van der Waals surface area contributed by atoms with E-state index in [2.05, 4.69) is 34.8 Å². The first-order valence-corrected chi connectivity index (χ1v) is 11.0. The van der Waals surface area contributed by atoms with Crippen molar-refractivity contribution in [1.82, 2.24) is 19.4 Å². The Balaban J connectivity index is 1.37. The minimum atomic E-state index is -0.279. The minimum Gasteiger partial charge on any atom is -0.441 e. The van der Waals surface area contributed by atoms with Gasteiger partial charge in [-0.3, -0.25) is 4.98 Å². The first-order valence-electron chi connectivity index (χ1n) is 11.0. The Morgan fingerprint density at radius 2 is 2.03 bits per heavy atom. The van der Waals surface area contributed by atoms with Crippen LogP contribution in [0.5, 0.6) is 0 Å². The number of ether oxygens (including phenoxy) is 2. The molecule has 2 fully saturated rings. The fourth-order valence-electron chi connectivity index (χ4n) is 4.32. The molecular weight excluding hydrogens is 408 g/mol. The molecule has 4 heterocycles. The second-order valence-corrected chi connectivity index (χ2v) is 8.61. The van der Waals surface area contributed by atoms with Gasteiger partial charge in [-0.15, -0.1) is 0 Å². The highest BCUT2D eigenvalue weighted by Crippen LogP contribution is 2.41. The number of nitriles is 1. The van der Waals surface area contributed by atoms with Crippen LogP contribution in [0.15, 0.2) is 24.8 Å². The topological polar surface area (TPSA) is 96.5 Å². The van der Waals surface area contributed by atoms with Crippen LogP contribution in [0.25, 0.3) is 11.1 Å². The van der Waals surface area contributed by atoms with Gasteiger partial charge in [0.25, 0.3) is 0 Å². The van der Waals surface area contributed by atoms with Crippen LogP contribution in [0, 0.1) is 11.3 Å². The molecule has 0 atom stereocenters. The molecule has 0 unspecified atom stereocenters. The predicted octanol–water partition coefficient (Wildman–Crippen LogP) is 2.51. The van der Waals surface area contributed by atoms with Crippen LogP contribution in [-0.2, 0) is 15.9 Å². The third-order valence-corrected chi connectivity index (χ3v) is 6.28. The lowest BCUT2D eigenvalue weighted by molar-refractivity contribution is -0.104. The molecule has 2 aliphatic heterocycles. The molecule has 9 nitrogen and oxygen atoms in total. The molecule has 0 saturated carbocycles. The number of carbonyl (C=O) groups is 1. The SMILES string of the molecule is CC(C)n1cnc(C2=C(C#N)c3c(N4CCN(C(=O)OC5COC5)CC4)ccnc3C2)c1. The van der Waals surface area contributed by atoms with E-state index < -0.39 is 0 Å².